The van der Waals surface area contributed by atoms with Crippen LogP contribution in [0.2, 0.25) is 0 Å². The van der Waals surface area contributed by atoms with Crippen LogP contribution in [-0.4, -0.2) is 28.4 Å². The Morgan fingerprint density at radius 2 is 1.88 bits per heavy atom. The summed E-state index contributed by atoms with van der Waals surface area (Å²) in [6.45, 7) is 4.02. The molecule has 0 radical (unpaired) electrons. The lowest BCUT2D eigenvalue weighted by Crippen LogP contribution is -2.22. The van der Waals surface area contributed by atoms with Crippen LogP contribution in [0.4, 0.5) is 5.69 Å². The average molecular weight is 350 g/mol. The first-order chi connectivity index (χ1) is 12.5. The Hall–Kier alpha value is -3.15. The Morgan fingerprint density at radius 1 is 1.12 bits per heavy atom. The molecule has 0 aliphatic heterocycles. The molecule has 1 heterocycles. The summed E-state index contributed by atoms with van der Waals surface area (Å²) in [6.07, 6.45) is 0.743. The minimum atomic E-state index is -0.174. The van der Waals surface area contributed by atoms with Crippen molar-refractivity contribution in [2.45, 2.75) is 26.8 Å². The van der Waals surface area contributed by atoms with Gasteiger partial charge in [0.25, 0.3) is 5.91 Å². The number of hydrogen-bond donors (Lipinski definition) is 2. The quantitative estimate of drug-likeness (QED) is 0.743. The van der Waals surface area contributed by atoms with Crippen molar-refractivity contribution in [1.82, 2.24) is 14.9 Å². The fourth-order valence-corrected chi connectivity index (χ4v) is 3.06. The van der Waals surface area contributed by atoms with Crippen molar-refractivity contribution in [1.29, 1.82) is 0 Å². The molecule has 1 aromatic heterocycles. The Balaban J connectivity index is 1.86. The van der Waals surface area contributed by atoms with Gasteiger partial charge in [-0.2, -0.15) is 0 Å². The summed E-state index contributed by atoms with van der Waals surface area (Å²) in [5, 5.41) is 5.53. The normalized spacial score (nSPS) is 10.7. The van der Waals surface area contributed by atoms with Gasteiger partial charge in [0.05, 0.1) is 11.0 Å². The number of nitrogens with one attached hydrogen (secondary N) is 2. The summed E-state index contributed by atoms with van der Waals surface area (Å²) in [4.78, 5) is 29.1. The second kappa shape index (κ2) is 7.39. The lowest BCUT2D eigenvalue weighted by molar-refractivity contribution is -0.116. The molecule has 134 valence electrons. The number of benzene rings is 2. The maximum atomic E-state index is 12.6. The maximum absolute atomic E-state index is 12.6. The zero-order valence-corrected chi connectivity index (χ0v) is 15.2. The predicted molar refractivity (Wildman–Crippen MR) is 102 cm³/mol. The highest BCUT2D eigenvalue weighted by atomic mass is 16.2. The summed E-state index contributed by atoms with van der Waals surface area (Å²) < 4.78 is 1.93. The number of carbonyl (C=O) groups is 2. The molecule has 0 aliphatic carbocycles. The van der Waals surface area contributed by atoms with Crippen molar-refractivity contribution >= 4 is 28.5 Å². The Bertz CT molecular complexity index is 975. The number of para-hydroxylation sites is 2. The first-order valence-electron chi connectivity index (χ1n) is 8.60. The number of fused-ring (bicyclic) bond motifs is 1. The second-order valence-electron chi connectivity index (χ2n) is 6.06. The van der Waals surface area contributed by atoms with Crippen molar-refractivity contribution in [2.75, 3.05) is 12.4 Å². The van der Waals surface area contributed by atoms with Crippen LogP contribution >= 0.6 is 0 Å². The zero-order valence-electron chi connectivity index (χ0n) is 15.2. The molecule has 6 heteroatoms. The predicted octanol–water partition coefficient (Wildman–Crippen LogP) is 2.91. The van der Waals surface area contributed by atoms with Gasteiger partial charge in [-0.3, -0.25) is 9.59 Å². The minimum absolute atomic E-state index is 0.153. The summed E-state index contributed by atoms with van der Waals surface area (Å²) in [7, 11) is 1.59. The molecule has 2 amide bonds. The number of aromatic nitrogens is 2. The second-order valence-corrected chi connectivity index (χ2v) is 6.06. The van der Waals surface area contributed by atoms with Crippen LogP contribution in [0, 0.1) is 6.92 Å². The van der Waals surface area contributed by atoms with E-state index < -0.39 is 0 Å². The molecule has 2 N–H and O–H groups in total. The molecular weight excluding hydrogens is 328 g/mol. The van der Waals surface area contributed by atoms with Gasteiger partial charge in [-0.15, -0.1) is 0 Å². The van der Waals surface area contributed by atoms with E-state index in [4.69, 9.17) is 0 Å². The Morgan fingerprint density at radius 3 is 2.62 bits per heavy atom. The van der Waals surface area contributed by atoms with Gasteiger partial charge in [0.15, 0.2) is 0 Å². The smallest absolute Gasteiger partial charge is 0.251 e. The van der Waals surface area contributed by atoms with E-state index in [1.807, 2.05) is 42.7 Å². The molecule has 3 rings (SSSR count). The SMILES string of the molecule is CCc1nc2ccccc2n1CC(=O)Nc1cccc(C(=O)NC)c1C. The molecule has 2 aromatic carbocycles. The number of aryl methyl sites for hydroxylation is 1. The Labute approximate surface area is 152 Å². The van der Waals surface area contributed by atoms with E-state index in [9.17, 15) is 9.59 Å². The van der Waals surface area contributed by atoms with Gasteiger partial charge in [-0.05, 0) is 36.8 Å². The Kier molecular flexibility index (Phi) is 5.02. The molecule has 0 saturated carbocycles. The lowest BCUT2D eigenvalue weighted by atomic mass is 10.1. The van der Waals surface area contributed by atoms with Crippen molar-refractivity contribution < 1.29 is 9.59 Å². The van der Waals surface area contributed by atoms with E-state index in [0.29, 0.717) is 11.3 Å². The van der Waals surface area contributed by atoms with Crippen LogP contribution in [-0.2, 0) is 17.8 Å². The van der Waals surface area contributed by atoms with E-state index in [2.05, 4.69) is 15.6 Å². The van der Waals surface area contributed by atoms with E-state index in [-0.39, 0.29) is 18.4 Å². The first-order valence-corrected chi connectivity index (χ1v) is 8.60. The third kappa shape index (κ3) is 3.31. The molecular formula is C20H22N4O2. The topological polar surface area (TPSA) is 76.0 Å². The van der Waals surface area contributed by atoms with E-state index in [0.717, 1.165) is 28.8 Å². The molecule has 0 aliphatic rings. The van der Waals surface area contributed by atoms with Gasteiger partial charge in [-0.1, -0.05) is 25.1 Å². The van der Waals surface area contributed by atoms with Gasteiger partial charge in [0, 0.05) is 24.7 Å². The molecule has 0 fully saturated rings. The molecule has 3 aromatic rings. The molecule has 6 nitrogen and oxygen atoms in total. The van der Waals surface area contributed by atoms with Gasteiger partial charge in [0.2, 0.25) is 5.91 Å². The first kappa shape index (κ1) is 17.7. The number of anilines is 1. The number of rotatable bonds is 5. The number of imidazole rings is 1. The van der Waals surface area contributed by atoms with Crippen LogP contribution in [0.5, 0.6) is 0 Å². The summed E-state index contributed by atoms with van der Waals surface area (Å²) in [5.41, 5.74) is 3.75. The largest absolute Gasteiger partial charge is 0.355 e. The zero-order chi connectivity index (χ0) is 18.7. The summed E-state index contributed by atoms with van der Waals surface area (Å²) in [6, 6.07) is 13.1. The van der Waals surface area contributed by atoms with E-state index >= 15 is 0 Å². The van der Waals surface area contributed by atoms with Crippen LogP contribution in [0.3, 0.4) is 0 Å². The fraction of sp³-hybridized carbons (Fsp3) is 0.250. The number of carbonyl (C=O) groups excluding carboxylic acids is 2. The number of amides is 2. The maximum Gasteiger partial charge on any atom is 0.251 e. The van der Waals surface area contributed by atoms with Crippen LogP contribution < -0.4 is 10.6 Å². The van der Waals surface area contributed by atoms with Crippen molar-refractivity contribution in [2.24, 2.45) is 0 Å². The fourth-order valence-electron chi connectivity index (χ4n) is 3.06. The molecule has 0 saturated heterocycles. The summed E-state index contributed by atoms with van der Waals surface area (Å²) >= 11 is 0. The lowest BCUT2D eigenvalue weighted by Gasteiger charge is -2.13. The number of hydrogen-bond acceptors (Lipinski definition) is 3. The standard InChI is InChI=1S/C20H22N4O2/c1-4-18-22-16-9-5-6-11-17(16)24(18)12-19(25)23-15-10-7-8-14(13(15)2)20(26)21-3/h5-11H,4,12H2,1-3H3,(H,21,26)(H,23,25). The van der Waals surface area contributed by atoms with E-state index in [1.54, 1.807) is 25.2 Å². The van der Waals surface area contributed by atoms with Crippen molar-refractivity contribution in [3.63, 3.8) is 0 Å². The van der Waals surface area contributed by atoms with E-state index in [1.165, 1.54) is 0 Å². The third-order valence-corrected chi connectivity index (χ3v) is 4.43. The van der Waals surface area contributed by atoms with Crippen LogP contribution in [0.15, 0.2) is 42.5 Å². The minimum Gasteiger partial charge on any atom is -0.355 e. The monoisotopic (exact) mass is 350 g/mol. The highest BCUT2D eigenvalue weighted by molar-refractivity contribution is 5.99. The highest BCUT2D eigenvalue weighted by Crippen LogP contribution is 2.20. The third-order valence-electron chi connectivity index (χ3n) is 4.43. The van der Waals surface area contributed by atoms with Crippen LogP contribution in [0.1, 0.15) is 28.7 Å². The molecule has 0 spiro atoms. The molecule has 26 heavy (non-hydrogen) atoms. The molecule has 0 bridgehead atoms. The van der Waals surface area contributed by atoms with Crippen LogP contribution in [0.25, 0.3) is 11.0 Å². The molecule has 0 atom stereocenters. The van der Waals surface area contributed by atoms with Gasteiger partial charge >= 0.3 is 0 Å². The van der Waals surface area contributed by atoms with Gasteiger partial charge in [-0.25, -0.2) is 4.98 Å². The van der Waals surface area contributed by atoms with Crippen molar-refractivity contribution in [3.8, 4) is 0 Å². The molecule has 0 unspecified atom stereocenters. The van der Waals surface area contributed by atoms with Crippen molar-refractivity contribution in [3.05, 3.63) is 59.4 Å². The van der Waals surface area contributed by atoms with Gasteiger partial charge < -0.3 is 15.2 Å². The summed E-state index contributed by atoms with van der Waals surface area (Å²) in [5.74, 6) is 0.546. The average Bonchev–Trinajstić information content (AvgIpc) is 3.00. The van der Waals surface area contributed by atoms with Gasteiger partial charge in [0.1, 0.15) is 12.4 Å². The number of nitrogens with zero attached hydrogens (tertiary/aromatic N) is 2. The highest BCUT2D eigenvalue weighted by Gasteiger charge is 2.15.